The molecular weight excluding hydrogens is 236 g/mol. The summed E-state index contributed by atoms with van der Waals surface area (Å²) in [6.07, 6.45) is 0.372. The Kier molecular flexibility index (Phi) is 5.06. The van der Waals surface area contributed by atoms with Gasteiger partial charge in [-0.2, -0.15) is 0 Å². The minimum absolute atomic E-state index is 0.259. The first-order valence-electron chi connectivity index (χ1n) is 5.38. The molecule has 0 aliphatic heterocycles. The third-order valence-corrected chi connectivity index (χ3v) is 2.44. The van der Waals surface area contributed by atoms with Crippen LogP contribution in [0, 0.1) is 6.92 Å². The molecule has 2 amide bonds. The largest absolute Gasteiger partial charge is 0.394 e. The molecule has 0 aliphatic rings. The fraction of sp³-hybridized carbons (Fsp3) is 0.364. The van der Waals surface area contributed by atoms with Gasteiger partial charge in [-0.1, -0.05) is 6.07 Å². The summed E-state index contributed by atoms with van der Waals surface area (Å²) in [5.41, 5.74) is 7.05. The highest BCUT2D eigenvalue weighted by Crippen LogP contribution is 2.07. The van der Waals surface area contributed by atoms with Gasteiger partial charge < -0.3 is 21.5 Å². The highest BCUT2D eigenvalue weighted by Gasteiger charge is 2.15. The molecule has 0 spiro atoms. The van der Waals surface area contributed by atoms with Gasteiger partial charge in [0, 0.05) is 12.2 Å². The maximum atomic E-state index is 11.6. The number of hydrogen-bond acceptors (Lipinski definition) is 5. The Morgan fingerprint density at radius 3 is 2.89 bits per heavy atom. The number of aromatic nitrogens is 1. The Balaban J connectivity index is 2.58. The molecule has 0 radical (unpaired) electrons. The fourth-order valence-electron chi connectivity index (χ4n) is 1.40. The van der Waals surface area contributed by atoms with Gasteiger partial charge in [-0.05, 0) is 18.6 Å². The van der Waals surface area contributed by atoms with Crippen LogP contribution in [0.1, 0.15) is 11.3 Å². The Morgan fingerprint density at radius 1 is 1.61 bits per heavy atom. The second kappa shape index (κ2) is 6.55. The summed E-state index contributed by atoms with van der Waals surface area (Å²) >= 11 is 0. The van der Waals surface area contributed by atoms with Crippen LogP contribution in [0.2, 0.25) is 0 Å². The fourth-order valence-corrected chi connectivity index (χ4v) is 1.40. The number of aryl methyl sites for hydroxylation is 1. The summed E-state index contributed by atoms with van der Waals surface area (Å²) < 4.78 is 0. The lowest BCUT2D eigenvalue weighted by atomic mass is 10.2. The number of nitrogens with two attached hydrogens (primary N) is 1. The van der Waals surface area contributed by atoms with E-state index in [1.165, 1.54) is 0 Å². The molecule has 7 nitrogen and oxygen atoms in total. The number of aliphatic hydroxyl groups is 1. The molecule has 1 rings (SSSR count). The Bertz CT molecular complexity index is 436. The van der Waals surface area contributed by atoms with E-state index >= 15 is 0 Å². The van der Waals surface area contributed by atoms with Gasteiger partial charge in [0.1, 0.15) is 11.9 Å². The summed E-state index contributed by atoms with van der Waals surface area (Å²) in [6, 6.07) is 2.46. The highest BCUT2D eigenvalue weighted by molar-refractivity contribution is 5.83. The van der Waals surface area contributed by atoms with Crippen LogP contribution in [0.5, 0.6) is 0 Å². The van der Waals surface area contributed by atoms with E-state index in [4.69, 9.17) is 10.8 Å². The molecule has 0 fully saturated rings. The van der Waals surface area contributed by atoms with E-state index in [1.807, 2.05) is 0 Å². The van der Waals surface area contributed by atoms with Crippen molar-refractivity contribution in [2.45, 2.75) is 19.5 Å². The molecule has 1 aromatic heterocycles. The monoisotopic (exact) mass is 252 g/mol. The Morgan fingerprint density at radius 2 is 2.33 bits per heavy atom. The van der Waals surface area contributed by atoms with Crippen molar-refractivity contribution in [3.05, 3.63) is 23.4 Å². The van der Waals surface area contributed by atoms with Gasteiger partial charge in [0.05, 0.1) is 6.61 Å². The van der Waals surface area contributed by atoms with Crippen LogP contribution in [0.25, 0.3) is 0 Å². The Labute approximate surface area is 104 Å². The zero-order valence-corrected chi connectivity index (χ0v) is 10.0. The van der Waals surface area contributed by atoms with Crippen LogP contribution in [0.3, 0.4) is 0 Å². The number of nitrogen functional groups attached to an aromatic ring is 1. The number of aliphatic hydroxyl groups excluding tert-OH is 1. The lowest BCUT2D eigenvalue weighted by Crippen LogP contribution is -2.45. The van der Waals surface area contributed by atoms with Crippen molar-refractivity contribution in [1.29, 1.82) is 0 Å². The van der Waals surface area contributed by atoms with Gasteiger partial charge in [0.2, 0.25) is 12.3 Å². The number of pyridine rings is 1. The van der Waals surface area contributed by atoms with Gasteiger partial charge in [0.25, 0.3) is 0 Å². The normalized spacial score (nSPS) is 11.7. The zero-order valence-electron chi connectivity index (χ0n) is 10.0. The highest BCUT2D eigenvalue weighted by atomic mass is 16.3. The number of nitrogens with zero attached hydrogens (tertiary/aromatic N) is 1. The first-order valence-corrected chi connectivity index (χ1v) is 5.38. The van der Waals surface area contributed by atoms with E-state index < -0.39 is 18.6 Å². The molecular formula is C11H16N4O3. The number of carbonyl (C=O) groups is 2. The minimum atomic E-state index is -0.940. The molecule has 5 N–H and O–H groups in total. The van der Waals surface area contributed by atoms with Gasteiger partial charge in [0.15, 0.2) is 0 Å². The van der Waals surface area contributed by atoms with Crippen molar-refractivity contribution < 1.29 is 14.7 Å². The van der Waals surface area contributed by atoms with Crippen LogP contribution in [-0.2, 0) is 16.1 Å². The van der Waals surface area contributed by atoms with Crippen molar-refractivity contribution in [2.75, 3.05) is 12.3 Å². The van der Waals surface area contributed by atoms with Crippen LogP contribution >= 0.6 is 0 Å². The van der Waals surface area contributed by atoms with Crippen molar-refractivity contribution >= 4 is 18.1 Å². The first kappa shape index (κ1) is 13.9. The quantitative estimate of drug-likeness (QED) is 0.469. The Hall–Kier alpha value is -2.15. The van der Waals surface area contributed by atoms with Crippen molar-refractivity contribution in [3.63, 3.8) is 0 Å². The second-order valence-corrected chi connectivity index (χ2v) is 3.72. The molecule has 7 heteroatoms. The third-order valence-electron chi connectivity index (χ3n) is 2.44. The van der Waals surface area contributed by atoms with E-state index in [0.717, 1.165) is 11.3 Å². The van der Waals surface area contributed by atoms with E-state index in [-0.39, 0.29) is 6.54 Å². The number of hydrogen-bond donors (Lipinski definition) is 4. The maximum Gasteiger partial charge on any atom is 0.245 e. The van der Waals surface area contributed by atoms with Crippen LogP contribution in [-0.4, -0.2) is 35.1 Å². The molecule has 1 heterocycles. The molecule has 1 unspecified atom stereocenters. The summed E-state index contributed by atoms with van der Waals surface area (Å²) in [7, 11) is 0. The SMILES string of the molecule is Cc1nc(N)ccc1CNC(=O)C(CO)NC=O. The summed E-state index contributed by atoms with van der Waals surface area (Å²) in [6.45, 7) is 1.59. The number of amides is 2. The number of anilines is 1. The average molecular weight is 252 g/mol. The van der Waals surface area contributed by atoms with Gasteiger partial charge in [-0.15, -0.1) is 0 Å². The van der Waals surface area contributed by atoms with Gasteiger partial charge in [-0.25, -0.2) is 4.98 Å². The topological polar surface area (TPSA) is 117 Å². The van der Waals surface area contributed by atoms with Crippen LogP contribution < -0.4 is 16.4 Å². The minimum Gasteiger partial charge on any atom is -0.394 e. The standard InChI is InChI=1S/C11H16N4O3/c1-7-8(2-3-10(12)15-7)4-13-11(18)9(5-16)14-6-17/h2-3,6,9,16H,4-5H2,1H3,(H2,12,15)(H,13,18)(H,14,17). The summed E-state index contributed by atoms with van der Waals surface area (Å²) in [4.78, 5) is 25.9. The van der Waals surface area contributed by atoms with Crippen molar-refractivity contribution in [3.8, 4) is 0 Å². The van der Waals surface area contributed by atoms with E-state index in [1.54, 1.807) is 19.1 Å². The predicted octanol–water partition coefficient (Wildman–Crippen LogP) is -1.30. The van der Waals surface area contributed by atoms with E-state index in [9.17, 15) is 9.59 Å². The van der Waals surface area contributed by atoms with Gasteiger partial charge >= 0.3 is 0 Å². The van der Waals surface area contributed by atoms with Crippen LogP contribution in [0.15, 0.2) is 12.1 Å². The number of carbonyl (C=O) groups excluding carboxylic acids is 2. The lowest BCUT2D eigenvalue weighted by Gasteiger charge is -2.14. The predicted molar refractivity (Wildman–Crippen MR) is 65.3 cm³/mol. The molecule has 18 heavy (non-hydrogen) atoms. The second-order valence-electron chi connectivity index (χ2n) is 3.72. The number of nitrogens with one attached hydrogen (secondary N) is 2. The summed E-state index contributed by atoms with van der Waals surface area (Å²) in [5, 5.41) is 13.7. The molecule has 1 atom stereocenters. The van der Waals surface area contributed by atoms with E-state index in [2.05, 4.69) is 15.6 Å². The maximum absolute atomic E-state index is 11.6. The molecule has 98 valence electrons. The zero-order chi connectivity index (χ0) is 13.5. The average Bonchev–Trinajstić information content (AvgIpc) is 2.34. The molecule has 0 aliphatic carbocycles. The first-order chi connectivity index (χ1) is 8.58. The van der Waals surface area contributed by atoms with E-state index in [0.29, 0.717) is 12.2 Å². The van der Waals surface area contributed by atoms with Crippen molar-refractivity contribution in [1.82, 2.24) is 15.6 Å². The van der Waals surface area contributed by atoms with Gasteiger partial charge in [-0.3, -0.25) is 9.59 Å². The summed E-state index contributed by atoms with van der Waals surface area (Å²) in [5.74, 6) is -0.0424. The van der Waals surface area contributed by atoms with Crippen molar-refractivity contribution in [2.24, 2.45) is 0 Å². The smallest absolute Gasteiger partial charge is 0.245 e. The lowest BCUT2D eigenvalue weighted by molar-refractivity contribution is -0.126. The molecule has 1 aromatic rings. The van der Waals surface area contributed by atoms with Crippen LogP contribution in [0.4, 0.5) is 5.82 Å². The molecule has 0 saturated heterocycles. The molecule has 0 bridgehead atoms. The molecule has 0 aromatic carbocycles. The number of rotatable bonds is 6. The third kappa shape index (κ3) is 3.70. The molecule has 0 saturated carbocycles.